The van der Waals surface area contributed by atoms with Gasteiger partial charge >= 0.3 is 0 Å². The van der Waals surface area contributed by atoms with E-state index in [0.717, 1.165) is 57.3 Å². The third-order valence-corrected chi connectivity index (χ3v) is 6.54. The van der Waals surface area contributed by atoms with E-state index in [1.54, 1.807) is 0 Å². The number of benzene rings is 1. The number of amides is 1. The molecular formula is C25H42IN5O2. The Morgan fingerprint density at radius 3 is 2.55 bits per heavy atom. The number of ether oxygens (including phenoxy) is 1. The van der Waals surface area contributed by atoms with Gasteiger partial charge in [-0.1, -0.05) is 38.3 Å². The molecule has 33 heavy (non-hydrogen) atoms. The number of carbonyl (C=O) groups excluding carboxylic acids is 1. The molecule has 0 bridgehead atoms. The van der Waals surface area contributed by atoms with Crippen molar-refractivity contribution in [1.29, 1.82) is 0 Å². The first kappa shape index (κ1) is 27.9. The number of nitrogens with zero attached hydrogens (tertiary/aromatic N) is 2. The molecule has 0 unspecified atom stereocenters. The van der Waals surface area contributed by atoms with Gasteiger partial charge in [-0.15, -0.1) is 24.0 Å². The van der Waals surface area contributed by atoms with E-state index in [2.05, 4.69) is 34.7 Å². The molecule has 1 aromatic rings. The van der Waals surface area contributed by atoms with Gasteiger partial charge in [-0.2, -0.15) is 0 Å². The van der Waals surface area contributed by atoms with E-state index in [1.807, 2.05) is 24.3 Å². The summed E-state index contributed by atoms with van der Waals surface area (Å²) in [6.07, 6.45) is 7.31. The third kappa shape index (κ3) is 8.40. The lowest BCUT2D eigenvalue weighted by atomic mass is 9.80. The number of aliphatic imine (C=N–C) groups is 1. The van der Waals surface area contributed by atoms with Crippen molar-refractivity contribution in [3.63, 3.8) is 0 Å². The fourth-order valence-corrected chi connectivity index (χ4v) is 4.76. The van der Waals surface area contributed by atoms with E-state index in [9.17, 15) is 4.79 Å². The molecule has 0 spiro atoms. The van der Waals surface area contributed by atoms with E-state index in [-0.39, 0.29) is 35.4 Å². The largest absolute Gasteiger partial charge is 0.379 e. The number of morpholine rings is 1. The summed E-state index contributed by atoms with van der Waals surface area (Å²) in [5, 5.41) is 9.98. The average molecular weight is 572 g/mol. The SMILES string of the molecule is CCCNC(=O)c1cccc(CN=C(NCC)NCC2(N3CCOCC3)CCCCC2)c1.I. The summed E-state index contributed by atoms with van der Waals surface area (Å²) in [7, 11) is 0. The molecule has 1 heterocycles. The summed E-state index contributed by atoms with van der Waals surface area (Å²) in [5.41, 5.74) is 1.92. The van der Waals surface area contributed by atoms with Crippen LogP contribution < -0.4 is 16.0 Å². The fourth-order valence-electron chi connectivity index (χ4n) is 4.76. The Hall–Kier alpha value is -1.39. The van der Waals surface area contributed by atoms with Gasteiger partial charge in [-0.05, 0) is 43.9 Å². The molecule has 186 valence electrons. The molecule has 2 aliphatic rings. The second-order valence-corrected chi connectivity index (χ2v) is 8.89. The molecule has 1 aliphatic heterocycles. The summed E-state index contributed by atoms with van der Waals surface area (Å²) < 4.78 is 5.61. The van der Waals surface area contributed by atoms with Crippen molar-refractivity contribution in [2.24, 2.45) is 4.99 Å². The molecule has 2 fully saturated rings. The molecule has 3 N–H and O–H groups in total. The highest BCUT2D eigenvalue weighted by Gasteiger charge is 2.38. The van der Waals surface area contributed by atoms with Crippen LogP contribution in [0.4, 0.5) is 0 Å². The Morgan fingerprint density at radius 2 is 1.85 bits per heavy atom. The van der Waals surface area contributed by atoms with Crippen molar-refractivity contribution in [3.05, 3.63) is 35.4 Å². The average Bonchev–Trinajstić information content (AvgIpc) is 2.85. The Kier molecular flexibility index (Phi) is 12.5. The number of halogens is 1. The van der Waals surface area contributed by atoms with Crippen molar-refractivity contribution in [2.45, 2.75) is 64.5 Å². The predicted molar refractivity (Wildman–Crippen MR) is 146 cm³/mol. The first-order chi connectivity index (χ1) is 15.7. The van der Waals surface area contributed by atoms with Crippen LogP contribution in [0.25, 0.3) is 0 Å². The molecule has 1 saturated heterocycles. The molecule has 3 rings (SSSR count). The molecule has 1 saturated carbocycles. The van der Waals surface area contributed by atoms with E-state index in [1.165, 1.54) is 32.1 Å². The fraction of sp³-hybridized carbons (Fsp3) is 0.680. The molecule has 7 nitrogen and oxygen atoms in total. The van der Waals surface area contributed by atoms with Crippen LogP contribution in [0.15, 0.2) is 29.3 Å². The highest BCUT2D eigenvalue weighted by atomic mass is 127. The quantitative estimate of drug-likeness (QED) is 0.240. The van der Waals surface area contributed by atoms with Crippen LogP contribution in [0.5, 0.6) is 0 Å². The second-order valence-electron chi connectivity index (χ2n) is 8.89. The number of guanidine groups is 1. The Labute approximate surface area is 216 Å². The minimum absolute atomic E-state index is 0. The van der Waals surface area contributed by atoms with Gasteiger partial charge in [0.1, 0.15) is 0 Å². The molecule has 0 aromatic heterocycles. The van der Waals surface area contributed by atoms with Crippen molar-refractivity contribution in [1.82, 2.24) is 20.9 Å². The lowest BCUT2D eigenvalue weighted by Gasteiger charge is -2.48. The van der Waals surface area contributed by atoms with Crippen LogP contribution in [0.1, 0.15) is 68.3 Å². The van der Waals surface area contributed by atoms with Crippen molar-refractivity contribution in [3.8, 4) is 0 Å². The first-order valence-electron chi connectivity index (χ1n) is 12.4. The molecule has 1 amide bonds. The lowest BCUT2D eigenvalue weighted by Crippen LogP contribution is -2.60. The standard InChI is InChI=1S/C25H41N5O2.HI/c1-3-13-27-23(31)22-10-8-9-21(18-22)19-28-24(26-4-2)29-20-25(11-6-5-7-12-25)30-14-16-32-17-15-30;/h8-10,18H,3-7,11-17,19-20H2,1-2H3,(H,27,31)(H2,26,28,29);1H. The topological polar surface area (TPSA) is 78.0 Å². The zero-order chi connectivity index (χ0) is 22.7. The van der Waals surface area contributed by atoms with Gasteiger partial charge in [0.25, 0.3) is 5.91 Å². The number of nitrogens with one attached hydrogen (secondary N) is 3. The first-order valence-corrected chi connectivity index (χ1v) is 12.4. The van der Waals surface area contributed by atoms with Crippen LogP contribution in [0.3, 0.4) is 0 Å². The molecule has 1 aromatic carbocycles. The second kappa shape index (κ2) is 14.8. The van der Waals surface area contributed by atoms with E-state index >= 15 is 0 Å². The van der Waals surface area contributed by atoms with Crippen molar-refractivity contribution >= 4 is 35.8 Å². The van der Waals surface area contributed by atoms with Gasteiger partial charge in [0.15, 0.2) is 5.96 Å². The van der Waals surface area contributed by atoms with E-state index < -0.39 is 0 Å². The van der Waals surface area contributed by atoms with Crippen LogP contribution >= 0.6 is 24.0 Å². The van der Waals surface area contributed by atoms with Gasteiger partial charge in [0.2, 0.25) is 0 Å². The van der Waals surface area contributed by atoms with Gasteiger partial charge in [0.05, 0.1) is 19.8 Å². The lowest BCUT2D eigenvalue weighted by molar-refractivity contribution is -0.0352. The van der Waals surface area contributed by atoms with E-state index in [0.29, 0.717) is 18.7 Å². The predicted octanol–water partition coefficient (Wildman–Crippen LogP) is 3.53. The zero-order valence-electron chi connectivity index (χ0n) is 20.3. The zero-order valence-corrected chi connectivity index (χ0v) is 22.7. The summed E-state index contributed by atoms with van der Waals surface area (Å²) in [4.78, 5) is 19.7. The molecular weight excluding hydrogens is 529 g/mol. The maximum atomic E-state index is 12.3. The summed E-state index contributed by atoms with van der Waals surface area (Å²) in [6, 6.07) is 7.76. The molecule has 0 radical (unpaired) electrons. The minimum Gasteiger partial charge on any atom is -0.379 e. The monoisotopic (exact) mass is 571 g/mol. The van der Waals surface area contributed by atoms with Gasteiger partial charge in [0, 0.05) is 43.8 Å². The Balaban J connectivity index is 0.00000385. The summed E-state index contributed by atoms with van der Waals surface area (Å²) in [6.45, 7) is 10.8. The molecule has 0 atom stereocenters. The smallest absolute Gasteiger partial charge is 0.251 e. The van der Waals surface area contributed by atoms with Crippen molar-refractivity contribution < 1.29 is 9.53 Å². The van der Waals surface area contributed by atoms with Crippen LogP contribution in [-0.2, 0) is 11.3 Å². The Morgan fingerprint density at radius 1 is 1.09 bits per heavy atom. The Bertz CT molecular complexity index is 746. The van der Waals surface area contributed by atoms with Gasteiger partial charge < -0.3 is 20.7 Å². The summed E-state index contributed by atoms with van der Waals surface area (Å²) in [5.74, 6) is 0.819. The minimum atomic E-state index is -0.0209. The van der Waals surface area contributed by atoms with Crippen molar-refractivity contribution in [2.75, 3.05) is 45.9 Å². The maximum absolute atomic E-state index is 12.3. The highest BCUT2D eigenvalue weighted by Crippen LogP contribution is 2.33. The number of carbonyl (C=O) groups is 1. The third-order valence-electron chi connectivity index (χ3n) is 6.54. The molecule has 1 aliphatic carbocycles. The van der Waals surface area contributed by atoms with Gasteiger partial charge in [-0.3, -0.25) is 9.69 Å². The van der Waals surface area contributed by atoms with Crippen LogP contribution in [0, 0.1) is 0 Å². The van der Waals surface area contributed by atoms with E-state index in [4.69, 9.17) is 9.73 Å². The summed E-state index contributed by atoms with van der Waals surface area (Å²) >= 11 is 0. The maximum Gasteiger partial charge on any atom is 0.251 e. The van der Waals surface area contributed by atoms with Crippen LogP contribution in [0.2, 0.25) is 0 Å². The van der Waals surface area contributed by atoms with Crippen LogP contribution in [-0.4, -0.2) is 68.2 Å². The molecule has 8 heteroatoms. The normalized spacial score (nSPS) is 18.8. The van der Waals surface area contributed by atoms with Gasteiger partial charge in [-0.25, -0.2) is 4.99 Å². The number of rotatable bonds is 9. The highest BCUT2D eigenvalue weighted by molar-refractivity contribution is 14.0. The number of hydrogen-bond acceptors (Lipinski definition) is 4. The number of hydrogen-bond donors (Lipinski definition) is 3.